The summed E-state index contributed by atoms with van der Waals surface area (Å²) >= 11 is 0. The molecule has 0 aliphatic heterocycles. The maximum atomic E-state index is 12.8. The Balaban J connectivity index is 4.08. The van der Waals surface area contributed by atoms with Crippen LogP contribution in [0.15, 0.2) is 85.1 Å². The van der Waals surface area contributed by atoms with Crippen molar-refractivity contribution in [2.45, 2.75) is 316 Å². The molecule has 0 rings (SSSR count). The lowest BCUT2D eigenvalue weighted by atomic mass is 10.0. The highest BCUT2D eigenvalue weighted by Gasteiger charge is 2.19. The summed E-state index contributed by atoms with van der Waals surface area (Å²) in [5.74, 6) is -0.892. The molecule has 1 unspecified atom stereocenters. The van der Waals surface area contributed by atoms with Crippen LogP contribution in [0.3, 0.4) is 0 Å². The molecule has 0 radical (unpaired) electrons. The molecule has 0 fully saturated rings. The van der Waals surface area contributed by atoms with Gasteiger partial charge >= 0.3 is 17.9 Å². The zero-order valence-corrected chi connectivity index (χ0v) is 48.8. The van der Waals surface area contributed by atoms with E-state index in [4.69, 9.17) is 14.2 Å². The fourth-order valence-corrected chi connectivity index (χ4v) is 8.91. The zero-order chi connectivity index (χ0) is 53.6. The van der Waals surface area contributed by atoms with Gasteiger partial charge in [-0.15, -0.1) is 0 Å². The van der Waals surface area contributed by atoms with Crippen molar-refractivity contribution in [1.29, 1.82) is 0 Å². The van der Waals surface area contributed by atoms with Gasteiger partial charge in [-0.25, -0.2) is 0 Å². The van der Waals surface area contributed by atoms with E-state index in [-0.39, 0.29) is 31.1 Å². The molecule has 0 spiro atoms. The summed E-state index contributed by atoms with van der Waals surface area (Å²) in [7, 11) is 0. The van der Waals surface area contributed by atoms with Crippen LogP contribution >= 0.6 is 0 Å². The highest BCUT2D eigenvalue weighted by molar-refractivity contribution is 5.71. The molecule has 1 atom stereocenters. The molecule has 0 amide bonds. The van der Waals surface area contributed by atoms with Crippen LogP contribution < -0.4 is 0 Å². The molecule has 426 valence electrons. The summed E-state index contributed by atoms with van der Waals surface area (Å²) in [6.07, 6.45) is 82.0. The monoisotopic (exact) mass is 1030 g/mol. The third kappa shape index (κ3) is 59.5. The third-order valence-electron chi connectivity index (χ3n) is 13.6. The molecule has 0 aliphatic rings. The van der Waals surface area contributed by atoms with E-state index in [1.54, 1.807) is 0 Å². The van der Waals surface area contributed by atoms with E-state index >= 15 is 0 Å². The van der Waals surface area contributed by atoms with Crippen LogP contribution in [0.4, 0.5) is 0 Å². The van der Waals surface area contributed by atoms with Crippen LogP contribution in [0, 0.1) is 0 Å². The van der Waals surface area contributed by atoms with Crippen molar-refractivity contribution >= 4 is 17.9 Å². The van der Waals surface area contributed by atoms with Crippen LogP contribution in [0.2, 0.25) is 0 Å². The largest absolute Gasteiger partial charge is 0.462 e. The van der Waals surface area contributed by atoms with Gasteiger partial charge in [-0.3, -0.25) is 14.4 Å². The Morgan fingerprint density at radius 2 is 0.527 bits per heavy atom. The summed E-state index contributed by atoms with van der Waals surface area (Å²) in [6.45, 7) is 6.47. The fourth-order valence-electron chi connectivity index (χ4n) is 8.91. The molecular weight excluding hydrogens is 913 g/mol. The molecule has 6 nitrogen and oxygen atoms in total. The number of carbonyl (C=O) groups excluding carboxylic acids is 3. The third-order valence-corrected chi connectivity index (χ3v) is 13.6. The van der Waals surface area contributed by atoms with Crippen LogP contribution in [0.1, 0.15) is 310 Å². The number of carbonyl (C=O) groups is 3. The molecule has 6 heteroatoms. The Bertz CT molecular complexity index is 1420. The lowest BCUT2D eigenvalue weighted by molar-refractivity contribution is -0.167. The van der Waals surface area contributed by atoms with Crippen molar-refractivity contribution < 1.29 is 28.6 Å². The topological polar surface area (TPSA) is 78.9 Å². The molecule has 0 N–H and O–H groups in total. The van der Waals surface area contributed by atoms with E-state index in [9.17, 15) is 14.4 Å². The van der Waals surface area contributed by atoms with Crippen molar-refractivity contribution in [3.05, 3.63) is 85.1 Å². The van der Waals surface area contributed by atoms with Gasteiger partial charge in [0.05, 0.1) is 0 Å². The highest BCUT2D eigenvalue weighted by Crippen LogP contribution is 2.16. The lowest BCUT2D eigenvalue weighted by Gasteiger charge is -2.18. The fraction of sp³-hybridized carbons (Fsp3) is 0.750. The van der Waals surface area contributed by atoms with Crippen molar-refractivity contribution in [3.8, 4) is 0 Å². The molecule has 0 saturated carbocycles. The standard InChI is InChI=1S/C68H118O6/c1-4-7-10-13-16-18-20-22-24-26-28-30-31-32-33-34-35-36-37-39-40-42-44-46-48-50-52-55-58-61-67(70)73-64-65(63-72-66(69)60-57-54-15-12-9-6-3)74-68(71)62-59-56-53-51-49-47-45-43-41-38-29-27-25-23-21-19-17-14-11-8-5-2/h7,10,16,18,21-24,27-30,41,43,65H,4-6,8-9,11-15,17,19-20,25-26,31-40,42,44-64H2,1-3H3/b10-7-,18-16-,23-21-,24-22-,29-27-,30-28-,43-41-. The summed E-state index contributed by atoms with van der Waals surface area (Å²) in [5, 5.41) is 0. The van der Waals surface area contributed by atoms with E-state index in [2.05, 4.69) is 106 Å². The first-order valence-electron chi connectivity index (χ1n) is 31.6. The minimum Gasteiger partial charge on any atom is -0.462 e. The van der Waals surface area contributed by atoms with Gasteiger partial charge in [-0.1, -0.05) is 279 Å². The highest BCUT2D eigenvalue weighted by atomic mass is 16.6. The average Bonchev–Trinajstić information content (AvgIpc) is 3.40. The predicted molar refractivity (Wildman–Crippen MR) is 321 cm³/mol. The summed E-state index contributed by atoms with van der Waals surface area (Å²) in [4.78, 5) is 38.0. The first kappa shape index (κ1) is 70.6. The molecule has 0 aromatic carbocycles. The van der Waals surface area contributed by atoms with E-state index < -0.39 is 6.10 Å². The van der Waals surface area contributed by atoms with Crippen molar-refractivity contribution in [1.82, 2.24) is 0 Å². The van der Waals surface area contributed by atoms with Gasteiger partial charge in [-0.2, -0.15) is 0 Å². The Kier molecular flexibility index (Phi) is 59.3. The normalized spacial score (nSPS) is 12.6. The first-order valence-corrected chi connectivity index (χ1v) is 31.6. The molecule has 0 bridgehead atoms. The summed E-state index contributed by atoms with van der Waals surface area (Å²) in [6, 6.07) is 0. The summed E-state index contributed by atoms with van der Waals surface area (Å²) < 4.78 is 16.8. The zero-order valence-electron chi connectivity index (χ0n) is 48.8. The number of hydrogen-bond donors (Lipinski definition) is 0. The second kappa shape index (κ2) is 62.1. The Hall–Kier alpha value is -3.41. The molecule has 0 aliphatic carbocycles. The molecule has 0 saturated heterocycles. The number of esters is 3. The second-order valence-corrected chi connectivity index (χ2v) is 20.9. The number of rotatable bonds is 57. The van der Waals surface area contributed by atoms with Crippen molar-refractivity contribution in [3.63, 3.8) is 0 Å². The quantitative estimate of drug-likeness (QED) is 0.0261. The van der Waals surface area contributed by atoms with Gasteiger partial charge in [-0.05, 0) is 96.3 Å². The summed E-state index contributed by atoms with van der Waals surface area (Å²) in [5.41, 5.74) is 0. The molecule has 0 heterocycles. The molecule has 0 aromatic heterocycles. The number of hydrogen-bond acceptors (Lipinski definition) is 6. The van der Waals surface area contributed by atoms with E-state index in [1.165, 1.54) is 161 Å². The number of allylic oxidation sites excluding steroid dienone is 14. The Labute approximate surface area is 458 Å². The van der Waals surface area contributed by atoms with Gasteiger partial charge < -0.3 is 14.2 Å². The number of unbranched alkanes of at least 4 members (excludes halogenated alkanes) is 32. The molecular formula is C68H118O6. The van der Waals surface area contributed by atoms with Crippen LogP contribution in [0.5, 0.6) is 0 Å². The lowest BCUT2D eigenvalue weighted by Crippen LogP contribution is -2.30. The minimum atomic E-state index is -0.780. The van der Waals surface area contributed by atoms with Gasteiger partial charge in [0.25, 0.3) is 0 Å². The van der Waals surface area contributed by atoms with Gasteiger partial charge in [0.15, 0.2) is 6.10 Å². The van der Waals surface area contributed by atoms with Crippen molar-refractivity contribution in [2.75, 3.05) is 13.2 Å². The van der Waals surface area contributed by atoms with Gasteiger partial charge in [0.2, 0.25) is 0 Å². The predicted octanol–water partition coefficient (Wildman–Crippen LogP) is 21.5. The molecule has 74 heavy (non-hydrogen) atoms. The SMILES string of the molecule is CC/C=C\C/C=C\C/C=C\C/C=C\CCCCCCCCCCCCCCCCCCC(=O)OCC(COC(=O)CCCCCCCC)OC(=O)CCCCCCCC/C=C\C/C=C\C/C=C\CCCCCCC. The Morgan fingerprint density at radius 1 is 0.284 bits per heavy atom. The maximum absolute atomic E-state index is 12.8. The number of ether oxygens (including phenoxy) is 3. The second-order valence-electron chi connectivity index (χ2n) is 20.9. The van der Waals surface area contributed by atoms with Crippen LogP contribution in [-0.4, -0.2) is 37.2 Å². The van der Waals surface area contributed by atoms with Crippen molar-refractivity contribution in [2.24, 2.45) is 0 Å². The van der Waals surface area contributed by atoms with Gasteiger partial charge in [0, 0.05) is 19.3 Å². The van der Waals surface area contributed by atoms with E-state index in [1.807, 2.05) is 0 Å². The van der Waals surface area contributed by atoms with Gasteiger partial charge in [0.1, 0.15) is 13.2 Å². The van der Waals surface area contributed by atoms with E-state index in [0.29, 0.717) is 19.3 Å². The van der Waals surface area contributed by atoms with Crippen LogP contribution in [0.25, 0.3) is 0 Å². The molecule has 0 aromatic rings. The Morgan fingerprint density at radius 3 is 0.824 bits per heavy atom. The van der Waals surface area contributed by atoms with E-state index in [0.717, 1.165) is 109 Å². The average molecular weight is 1030 g/mol. The smallest absolute Gasteiger partial charge is 0.306 e. The minimum absolute atomic E-state index is 0.0793. The first-order chi connectivity index (χ1) is 36.5. The van der Waals surface area contributed by atoms with Crippen LogP contribution in [-0.2, 0) is 28.6 Å². The maximum Gasteiger partial charge on any atom is 0.306 e.